The molecule has 0 spiro atoms. The number of ether oxygens (including phenoxy) is 1. The molecule has 1 aromatic rings. The first-order valence-electron chi connectivity index (χ1n) is 6.64. The van der Waals surface area contributed by atoms with E-state index in [1.807, 2.05) is 0 Å². The van der Waals surface area contributed by atoms with Crippen LogP contribution in [0.5, 0.6) is 0 Å². The maximum absolute atomic E-state index is 12.5. The largest absolute Gasteiger partial charge is 0.465 e. The molecule has 7 heteroatoms. The van der Waals surface area contributed by atoms with Crippen LogP contribution in [-0.2, 0) is 24.3 Å². The number of rotatable bonds is 8. The molecule has 0 heterocycles. The predicted molar refractivity (Wildman–Crippen MR) is 77.1 cm³/mol. The topological polar surface area (TPSA) is 80.8 Å². The van der Waals surface area contributed by atoms with Gasteiger partial charge >= 0.3 is 5.97 Å². The van der Waals surface area contributed by atoms with Crippen molar-refractivity contribution < 1.29 is 22.7 Å². The summed E-state index contributed by atoms with van der Waals surface area (Å²) in [7, 11) is -3.91. The fraction of sp³-hybridized carbons (Fsp3) is 0.429. The van der Waals surface area contributed by atoms with E-state index in [9.17, 15) is 18.0 Å². The fourth-order valence-electron chi connectivity index (χ4n) is 1.63. The summed E-state index contributed by atoms with van der Waals surface area (Å²) in [6, 6.07) is 7.69. The van der Waals surface area contributed by atoms with Crippen molar-refractivity contribution in [2.75, 3.05) is 19.7 Å². The lowest BCUT2D eigenvalue weighted by Crippen LogP contribution is -2.39. The van der Waals surface area contributed by atoms with Gasteiger partial charge in [0.2, 0.25) is 10.0 Å². The van der Waals surface area contributed by atoms with Crippen LogP contribution in [-0.4, -0.2) is 44.2 Å². The molecule has 0 fully saturated rings. The van der Waals surface area contributed by atoms with Crippen LogP contribution < -0.4 is 0 Å². The Morgan fingerprint density at radius 2 is 1.71 bits per heavy atom. The Labute approximate surface area is 124 Å². The maximum Gasteiger partial charge on any atom is 0.321 e. The molecular formula is C14H19NO5S. The molecule has 0 atom stereocenters. The number of sulfonamides is 1. The first-order valence-corrected chi connectivity index (χ1v) is 8.08. The lowest BCUT2D eigenvalue weighted by Gasteiger charge is -2.20. The second-order valence-corrected chi connectivity index (χ2v) is 6.22. The number of hydrogen-bond acceptors (Lipinski definition) is 5. The van der Waals surface area contributed by atoms with Gasteiger partial charge in [-0.1, -0.05) is 25.1 Å². The number of ketones is 1. The third-order valence-corrected chi connectivity index (χ3v) is 4.54. The minimum atomic E-state index is -3.91. The van der Waals surface area contributed by atoms with Crippen LogP contribution in [0, 0.1) is 0 Å². The number of benzene rings is 1. The molecule has 0 saturated heterocycles. The lowest BCUT2D eigenvalue weighted by atomic mass is 10.3. The molecule has 0 N–H and O–H groups in total. The molecule has 0 aliphatic rings. The highest BCUT2D eigenvalue weighted by atomic mass is 32.2. The predicted octanol–water partition coefficient (Wildman–Crippen LogP) is 1.22. The Morgan fingerprint density at radius 1 is 1.10 bits per heavy atom. The Hall–Kier alpha value is -1.73. The van der Waals surface area contributed by atoms with Crippen LogP contribution in [0.3, 0.4) is 0 Å². The molecule has 0 aliphatic carbocycles. The summed E-state index contributed by atoms with van der Waals surface area (Å²) in [6.45, 7) is 2.61. The molecule has 6 nitrogen and oxygen atoms in total. The molecule has 0 saturated carbocycles. The van der Waals surface area contributed by atoms with Gasteiger partial charge in [-0.2, -0.15) is 4.31 Å². The Balaban J connectivity index is 3.04. The zero-order valence-electron chi connectivity index (χ0n) is 12.1. The van der Waals surface area contributed by atoms with Gasteiger partial charge in [0.1, 0.15) is 12.3 Å². The van der Waals surface area contributed by atoms with Crippen molar-refractivity contribution in [3.8, 4) is 0 Å². The van der Waals surface area contributed by atoms with Gasteiger partial charge in [-0.15, -0.1) is 0 Å². The van der Waals surface area contributed by atoms with Crippen LogP contribution >= 0.6 is 0 Å². The first-order chi connectivity index (χ1) is 9.91. The highest BCUT2D eigenvalue weighted by Crippen LogP contribution is 2.15. The summed E-state index contributed by atoms with van der Waals surface area (Å²) in [6.07, 6.45) is 0.198. The molecule has 0 unspecified atom stereocenters. The SMILES string of the molecule is CCOC(=O)CN(CC(=O)CC)S(=O)(=O)c1ccccc1. The van der Waals surface area contributed by atoms with Crippen molar-refractivity contribution in [3.05, 3.63) is 30.3 Å². The summed E-state index contributed by atoms with van der Waals surface area (Å²) in [5, 5.41) is 0. The number of Topliss-reactive ketones (excluding diaryl/α,β-unsaturated/α-hetero) is 1. The molecule has 0 aromatic heterocycles. The van der Waals surface area contributed by atoms with Gasteiger partial charge in [-0.05, 0) is 19.1 Å². The zero-order valence-corrected chi connectivity index (χ0v) is 12.9. The molecule has 0 aliphatic heterocycles. The number of carbonyl (C=O) groups is 2. The zero-order chi connectivity index (χ0) is 15.9. The summed E-state index contributed by atoms with van der Waals surface area (Å²) < 4.78 is 30.6. The monoisotopic (exact) mass is 313 g/mol. The van der Waals surface area contributed by atoms with E-state index in [0.717, 1.165) is 4.31 Å². The van der Waals surface area contributed by atoms with Crippen LogP contribution in [0.4, 0.5) is 0 Å². The number of carbonyl (C=O) groups excluding carboxylic acids is 2. The van der Waals surface area contributed by atoms with Crippen molar-refractivity contribution >= 4 is 21.8 Å². The van der Waals surface area contributed by atoms with Crippen LogP contribution in [0.2, 0.25) is 0 Å². The van der Waals surface area contributed by atoms with E-state index in [1.54, 1.807) is 32.0 Å². The molecule has 1 aromatic carbocycles. The van der Waals surface area contributed by atoms with Crippen molar-refractivity contribution in [3.63, 3.8) is 0 Å². The van der Waals surface area contributed by atoms with Crippen molar-refractivity contribution in [2.24, 2.45) is 0 Å². The second kappa shape index (κ2) is 7.90. The van der Waals surface area contributed by atoms with E-state index in [-0.39, 0.29) is 30.3 Å². The summed E-state index contributed by atoms with van der Waals surface area (Å²) >= 11 is 0. The van der Waals surface area contributed by atoms with E-state index in [2.05, 4.69) is 0 Å². The van der Waals surface area contributed by atoms with Crippen LogP contribution in [0.25, 0.3) is 0 Å². The van der Waals surface area contributed by atoms with Gasteiger partial charge in [0, 0.05) is 6.42 Å². The average Bonchev–Trinajstić information content (AvgIpc) is 2.47. The molecular weight excluding hydrogens is 294 g/mol. The van der Waals surface area contributed by atoms with E-state index in [0.29, 0.717) is 0 Å². The van der Waals surface area contributed by atoms with Gasteiger partial charge < -0.3 is 4.74 Å². The highest BCUT2D eigenvalue weighted by molar-refractivity contribution is 7.89. The minimum absolute atomic E-state index is 0.0400. The van der Waals surface area contributed by atoms with Gasteiger partial charge in [0.25, 0.3) is 0 Å². The lowest BCUT2D eigenvalue weighted by molar-refractivity contribution is -0.143. The number of nitrogens with zero attached hydrogens (tertiary/aromatic N) is 1. The molecule has 21 heavy (non-hydrogen) atoms. The minimum Gasteiger partial charge on any atom is -0.465 e. The van der Waals surface area contributed by atoms with Gasteiger partial charge in [-0.3, -0.25) is 9.59 Å². The van der Waals surface area contributed by atoms with Gasteiger partial charge in [0.05, 0.1) is 18.0 Å². The molecule has 116 valence electrons. The van der Waals surface area contributed by atoms with Crippen molar-refractivity contribution in [2.45, 2.75) is 25.2 Å². The Bertz CT molecular complexity index is 583. The van der Waals surface area contributed by atoms with Gasteiger partial charge in [0.15, 0.2) is 0 Å². The summed E-state index contributed by atoms with van der Waals surface area (Å²) in [5.41, 5.74) is 0. The molecule has 0 bridgehead atoms. The third-order valence-electron chi connectivity index (χ3n) is 2.74. The average molecular weight is 313 g/mol. The highest BCUT2D eigenvalue weighted by Gasteiger charge is 2.28. The quantitative estimate of drug-likeness (QED) is 0.674. The van der Waals surface area contributed by atoms with Crippen LogP contribution in [0.1, 0.15) is 20.3 Å². The fourth-order valence-corrected chi connectivity index (χ4v) is 3.02. The van der Waals surface area contributed by atoms with Gasteiger partial charge in [-0.25, -0.2) is 8.42 Å². The van der Waals surface area contributed by atoms with E-state index in [4.69, 9.17) is 4.74 Å². The van der Waals surface area contributed by atoms with E-state index < -0.39 is 22.5 Å². The first kappa shape index (κ1) is 17.3. The van der Waals surface area contributed by atoms with Crippen LogP contribution in [0.15, 0.2) is 35.2 Å². The third kappa shape index (κ3) is 4.95. The molecule has 0 amide bonds. The number of hydrogen-bond donors (Lipinski definition) is 0. The van der Waals surface area contributed by atoms with Crippen molar-refractivity contribution in [1.29, 1.82) is 0 Å². The smallest absolute Gasteiger partial charge is 0.321 e. The molecule has 1 rings (SSSR count). The standard InChI is InChI=1S/C14H19NO5S/c1-3-12(16)10-15(11-14(17)20-4-2)21(18,19)13-8-6-5-7-9-13/h5-9H,3-4,10-11H2,1-2H3. The summed E-state index contributed by atoms with van der Waals surface area (Å²) in [4.78, 5) is 23.2. The van der Waals surface area contributed by atoms with E-state index in [1.165, 1.54) is 12.1 Å². The van der Waals surface area contributed by atoms with Crippen molar-refractivity contribution in [1.82, 2.24) is 4.31 Å². The Kier molecular flexibility index (Phi) is 6.51. The summed E-state index contributed by atoms with van der Waals surface area (Å²) in [5.74, 6) is -0.945. The Morgan fingerprint density at radius 3 is 2.24 bits per heavy atom. The molecule has 0 radical (unpaired) electrons. The maximum atomic E-state index is 12.5. The second-order valence-electron chi connectivity index (χ2n) is 4.28. The van der Waals surface area contributed by atoms with E-state index >= 15 is 0 Å². The normalized spacial score (nSPS) is 11.4. The number of esters is 1.